The number of aliphatic imine (C=N–C) groups is 2. The van der Waals surface area contributed by atoms with Crippen LogP contribution in [0.5, 0.6) is 0 Å². The van der Waals surface area contributed by atoms with E-state index in [2.05, 4.69) is 40.6 Å². The number of hydrogen-bond donors (Lipinski definition) is 4. The molecule has 0 amide bonds. The van der Waals surface area contributed by atoms with Gasteiger partial charge in [0.1, 0.15) is 0 Å². The first-order chi connectivity index (χ1) is 14.8. The van der Waals surface area contributed by atoms with Gasteiger partial charge in [0, 0.05) is 11.4 Å². The SMILES string of the molecule is C(=N\c1nc2ccccc2[nH]1)/Nc1ccc(N/C=N/c2nc3ccccc3[nH]2)cc1. The van der Waals surface area contributed by atoms with Crippen LogP contribution in [0.15, 0.2) is 82.8 Å². The number of nitrogens with zero attached hydrogens (tertiary/aromatic N) is 4. The van der Waals surface area contributed by atoms with Crippen LogP contribution in [0.3, 0.4) is 0 Å². The van der Waals surface area contributed by atoms with E-state index in [-0.39, 0.29) is 0 Å². The lowest BCUT2D eigenvalue weighted by molar-refractivity contribution is 1.27. The van der Waals surface area contributed by atoms with Crippen LogP contribution in [0, 0.1) is 0 Å². The smallest absolute Gasteiger partial charge is 0.229 e. The Morgan fingerprint density at radius 2 is 1.03 bits per heavy atom. The molecule has 8 nitrogen and oxygen atoms in total. The van der Waals surface area contributed by atoms with E-state index in [1.54, 1.807) is 12.7 Å². The number of para-hydroxylation sites is 4. The van der Waals surface area contributed by atoms with Gasteiger partial charge in [-0.1, -0.05) is 24.3 Å². The Balaban J connectivity index is 1.17. The average molecular weight is 394 g/mol. The maximum atomic E-state index is 4.40. The summed E-state index contributed by atoms with van der Waals surface area (Å²) in [4.78, 5) is 23.7. The van der Waals surface area contributed by atoms with Crippen molar-refractivity contribution in [3.05, 3.63) is 72.8 Å². The van der Waals surface area contributed by atoms with Crippen molar-refractivity contribution in [1.29, 1.82) is 0 Å². The Kier molecular flexibility index (Phi) is 4.63. The lowest BCUT2D eigenvalue weighted by atomic mass is 10.3. The first kappa shape index (κ1) is 17.6. The number of anilines is 2. The van der Waals surface area contributed by atoms with Crippen LogP contribution >= 0.6 is 0 Å². The zero-order chi connectivity index (χ0) is 20.2. The summed E-state index contributed by atoms with van der Waals surface area (Å²) >= 11 is 0. The lowest BCUT2D eigenvalue weighted by Gasteiger charge is -2.02. The first-order valence-corrected chi connectivity index (χ1v) is 9.41. The molecule has 30 heavy (non-hydrogen) atoms. The van der Waals surface area contributed by atoms with E-state index in [0.717, 1.165) is 33.4 Å². The molecule has 0 aliphatic rings. The maximum absolute atomic E-state index is 4.40. The Morgan fingerprint density at radius 3 is 1.47 bits per heavy atom. The van der Waals surface area contributed by atoms with Crippen LogP contribution < -0.4 is 10.6 Å². The van der Waals surface area contributed by atoms with Gasteiger partial charge in [-0.25, -0.2) is 20.0 Å². The van der Waals surface area contributed by atoms with Crippen molar-refractivity contribution in [2.75, 3.05) is 10.6 Å². The van der Waals surface area contributed by atoms with Crippen molar-refractivity contribution in [3.8, 4) is 0 Å². The van der Waals surface area contributed by atoms with Crippen molar-refractivity contribution >= 4 is 58.0 Å². The van der Waals surface area contributed by atoms with Crippen LogP contribution in [0.4, 0.5) is 23.3 Å². The zero-order valence-corrected chi connectivity index (χ0v) is 15.9. The second-order valence-corrected chi connectivity index (χ2v) is 6.54. The molecule has 0 saturated heterocycles. The molecule has 0 spiro atoms. The number of aromatic amines is 2. The van der Waals surface area contributed by atoms with E-state index in [1.807, 2.05) is 72.8 Å². The largest absolute Gasteiger partial charge is 0.346 e. The highest BCUT2D eigenvalue weighted by molar-refractivity contribution is 5.83. The minimum absolute atomic E-state index is 0.559. The van der Waals surface area contributed by atoms with Gasteiger partial charge in [0.05, 0.1) is 34.7 Å². The highest BCUT2D eigenvalue weighted by Crippen LogP contribution is 2.17. The van der Waals surface area contributed by atoms with Crippen LogP contribution in [0.25, 0.3) is 22.1 Å². The Hall–Kier alpha value is -4.46. The van der Waals surface area contributed by atoms with Crippen molar-refractivity contribution in [3.63, 3.8) is 0 Å². The molecule has 2 aromatic heterocycles. The molecule has 4 N–H and O–H groups in total. The molecule has 0 fully saturated rings. The molecule has 0 saturated carbocycles. The van der Waals surface area contributed by atoms with E-state index in [4.69, 9.17) is 0 Å². The van der Waals surface area contributed by atoms with Crippen molar-refractivity contribution < 1.29 is 0 Å². The van der Waals surface area contributed by atoms with Crippen LogP contribution in [-0.2, 0) is 0 Å². The van der Waals surface area contributed by atoms with Crippen molar-refractivity contribution in [1.82, 2.24) is 19.9 Å². The topological polar surface area (TPSA) is 106 Å². The zero-order valence-electron chi connectivity index (χ0n) is 15.9. The predicted octanol–water partition coefficient (Wildman–Crippen LogP) is 4.98. The van der Waals surface area contributed by atoms with Gasteiger partial charge in [-0.2, -0.15) is 0 Å². The number of fused-ring (bicyclic) bond motifs is 2. The lowest BCUT2D eigenvalue weighted by Crippen LogP contribution is -1.97. The van der Waals surface area contributed by atoms with E-state index in [0.29, 0.717) is 11.9 Å². The summed E-state index contributed by atoms with van der Waals surface area (Å²) in [7, 11) is 0. The van der Waals surface area contributed by atoms with Gasteiger partial charge in [0.15, 0.2) is 0 Å². The fraction of sp³-hybridized carbons (Fsp3) is 0. The Bertz CT molecular complexity index is 1170. The van der Waals surface area contributed by atoms with E-state index >= 15 is 0 Å². The summed E-state index contributed by atoms with van der Waals surface area (Å²) in [5.41, 5.74) is 5.53. The van der Waals surface area contributed by atoms with Crippen LogP contribution in [0.2, 0.25) is 0 Å². The molecule has 5 rings (SSSR count). The summed E-state index contributed by atoms with van der Waals surface area (Å²) in [6.45, 7) is 0. The normalized spacial score (nSPS) is 11.7. The summed E-state index contributed by atoms with van der Waals surface area (Å²) in [6.07, 6.45) is 3.23. The quantitative estimate of drug-likeness (QED) is 0.241. The Labute approximate surface area is 171 Å². The molecule has 0 aliphatic carbocycles. The summed E-state index contributed by atoms with van der Waals surface area (Å²) in [5.74, 6) is 1.12. The molecule has 2 heterocycles. The number of aromatic nitrogens is 4. The first-order valence-electron chi connectivity index (χ1n) is 9.41. The predicted molar refractivity (Wildman–Crippen MR) is 122 cm³/mol. The molecule has 0 unspecified atom stereocenters. The number of hydrogen-bond acceptors (Lipinski definition) is 4. The fourth-order valence-electron chi connectivity index (χ4n) is 3.00. The number of nitrogens with one attached hydrogen (secondary N) is 4. The third kappa shape index (κ3) is 3.88. The van der Waals surface area contributed by atoms with E-state index in [1.165, 1.54) is 0 Å². The second-order valence-electron chi connectivity index (χ2n) is 6.54. The van der Waals surface area contributed by atoms with E-state index in [9.17, 15) is 0 Å². The summed E-state index contributed by atoms with van der Waals surface area (Å²) in [6, 6.07) is 23.4. The monoisotopic (exact) mass is 394 g/mol. The highest BCUT2D eigenvalue weighted by atomic mass is 15.1. The van der Waals surface area contributed by atoms with E-state index < -0.39 is 0 Å². The van der Waals surface area contributed by atoms with Gasteiger partial charge in [-0.3, -0.25) is 0 Å². The van der Waals surface area contributed by atoms with Crippen molar-refractivity contribution in [2.45, 2.75) is 0 Å². The van der Waals surface area contributed by atoms with Gasteiger partial charge >= 0.3 is 0 Å². The molecule has 0 radical (unpaired) electrons. The molecule has 146 valence electrons. The number of benzene rings is 3. The Morgan fingerprint density at radius 1 is 0.600 bits per heavy atom. The molecule has 0 atom stereocenters. The molecule has 0 bridgehead atoms. The fourth-order valence-corrected chi connectivity index (χ4v) is 3.00. The third-order valence-corrected chi connectivity index (χ3v) is 4.47. The van der Waals surface area contributed by atoms with Gasteiger partial charge in [0.25, 0.3) is 0 Å². The maximum Gasteiger partial charge on any atom is 0.229 e. The number of imidazole rings is 2. The summed E-state index contributed by atoms with van der Waals surface area (Å²) in [5, 5.41) is 6.27. The molecular weight excluding hydrogens is 376 g/mol. The molecular formula is C22H18N8. The third-order valence-electron chi connectivity index (χ3n) is 4.47. The minimum Gasteiger partial charge on any atom is -0.346 e. The van der Waals surface area contributed by atoms with Gasteiger partial charge in [0.2, 0.25) is 11.9 Å². The minimum atomic E-state index is 0.559. The highest BCUT2D eigenvalue weighted by Gasteiger charge is 2.00. The van der Waals surface area contributed by atoms with Crippen molar-refractivity contribution in [2.24, 2.45) is 9.98 Å². The molecule has 8 heteroatoms. The molecule has 3 aromatic carbocycles. The summed E-state index contributed by atoms with van der Waals surface area (Å²) < 4.78 is 0. The molecule has 0 aliphatic heterocycles. The van der Waals surface area contributed by atoms with Crippen LogP contribution in [-0.4, -0.2) is 32.6 Å². The number of rotatable bonds is 6. The average Bonchev–Trinajstić information content (AvgIpc) is 3.38. The number of H-pyrrole nitrogens is 2. The van der Waals surface area contributed by atoms with Gasteiger partial charge in [-0.05, 0) is 48.5 Å². The van der Waals surface area contributed by atoms with Gasteiger partial charge < -0.3 is 20.6 Å². The second kappa shape index (κ2) is 7.88. The van der Waals surface area contributed by atoms with Gasteiger partial charge in [-0.15, -0.1) is 0 Å². The molecule has 5 aromatic rings. The standard InChI is InChI=1S/C22H18N8/c1-2-6-18-17(5-1)27-21(28-18)25-13-23-15-9-11-16(12-10-15)24-14-26-22-29-19-7-3-4-8-20(19)30-22/h1-14H,(H2,23,25,27,28)(H2,24,26,29,30). The van der Waals surface area contributed by atoms with Crippen LogP contribution in [0.1, 0.15) is 0 Å².